The number of H-pyrrole nitrogens is 1. The SMILES string of the molecule is CC(CCCn1ccc2cc(-c3nc(N)c4ccccc4n3)c(F)cc2c1=O)Nc1cn[nH]c(=O)c1C(F)(F)F. The summed E-state index contributed by atoms with van der Waals surface area (Å²) in [6, 6.07) is 10.9. The molecule has 0 spiro atoms. The van der Waals surface area contributed by atoms with Gasteiger partial charge < -0.3 is 15.6 Å². The van der Waals surface area contributed by atoms with E-state index in [1.807, 2.05) is 0 Å². The number of nitrogens with one attached hydrogen (secondary N) is 2. The summed E-state index contributed by atoms with van der Waals surface area (Å²) in [5, 5.41) is 9.20. The Morgan fingerprint density at radius 2 is 1.88 bits per heavy atom. The first-order valence-electron chi connectivity index (χ1n) is 12.3. The fourth-order valence-electron chi connectivity index (χ4n) is 4.57. The number of fused-ring (bicyclic) bond motifs is 2. The van der Waals surface area contributed by atoms with Gasteiger partial charge >= 0.3 is 6.18 Å². The number of anilines is 2. The van der Waals surface area contributed by atoms with Crippen LogP contribution in [0.15, 0.2) is 64.4 Å². The molecule has 0 aliphatic rings. The van der Waals surface area contributed by atoms with Crippen LogP contribution in [0.1, 0.15) is 25.3 Å². The molecule has 0 aliphatic heterocycles. The summed E-state index contributed by atoms with van der Waals surface area (Å²) in [5.41, 5.74) is 3.19. The molecular weight excluding hydrogens is 530 g/mol. The molecule has 206 valence electrons. The van der Waals surface area contributed by atoms with Crippen molar-refractivity contribution >= 4 is 33.2 Å². The second kappa shape index (κ2) is 10.4. The van der Waals surface area contributed by atoms with Gasteiger partial charge in [0.1, 0.15) is 17.2 Å². The summed E-state index contributed by atoms with van der Waals surface area (Å²) >= 11 is 0. The molecule has 3 aromatic heterocycles. The molecule has 2 aromatic carbocycles. The average molecular weight is 554 g/mol. The standard InChI is InChI=1S/C27H23F4N7O2/c1-14(34-21-13-33-37-25(39)22(21)27(29,30)31)5-4-9-38-10-8-15-11-18(19(28)12-17(15)26(38)40)24-35-20-7-3-2-6-16(20)23(32)36-24/h2-3,6-8,10-14H,4-5,9H2,1H3,(H2,32,35,36)(H2,34,37,39). The van der Waals surface area contributed by atoms with Crippen molar-refractivity contribution in [3.8, 4) is 11.4 Å². The van der Waals surface area contributed by atoms with Gasteiger partial charge in [-0.2, -0.15) is 18.3 Å². The van der Waals surface area contributed by atoms with Crippen LogP contribution in [0, 0.1) is 5.82 Å². The number of aromatic nitrogens is 5. The van der Waals surface area contributed by atoms with Crippen LogP contribution in [0.4, 0.5) is 29.1 Å². The molecule has 0 aliphatic carbocycles. The van der Waals surface area contributed by atoms with E-state index in [1.54, 1.807) is 48.6 Å². The molecule has 0 saturated heterocycles. The third-order valence-electron chi connectivity index (χ3n) is 6.52. The van der Waals surface area contributed by atoms with E-state index in [4.69, 9.17) is 5.73 Å². The maximum Gasteiger partial charge on any atom is 0.423 e. The molecule has 40 heavy (non-hydrogen) atoms. The van der Waals surface area contributed by atoms with Gasteiger partial charge in [-0.1, -0.05) is 12.1 Å². The van der Waals surface area contributed by atoms with E-state index in [0.717, 1.165) is 12.3 Å². The molecule has 1 atom stereocenters. The van der Waals surface area contributed by atoms with Crippen molar-refractivity contribution in [3.63, 3.8) is 0 Å². The van der Waals surface area contributed by atoms with Gasteiger partial charge in [0.25, 0.3) is 11.1 Å². The summed E-state index contributed by atoms with van der Waals surface area (Å²) < 4.78 is 56.4. The number of nitrogens with two attached hydrogens (primary N) is 1. The molecule has 0 fully saturated rings. The molecule has 1 unspecified atom stereocenters. The summed E-state index contributed by atoms with van der Waals surface area (Å²) in [6.45, 7) is 1.90. The van der Waals surface area contributed by atoms with Gasteiger partial charge in [-0.05, 0) is 55.5 Å². The molecule has 0 saturated carbocycles. The Morgan fingerprint density at radius 3 is 2.65 bits per heavy atom. The number of aryl methyl sites for hydroxylation is 1. The summed E-state index contributed by atoms with van der Waals surface area (Å²) in [4.78, 5) is 33.4. The van der Waals surface area contributed by atoms with Crippen molar-refractivity contribution in [3.05, 3.63) is 86.9 Å². The van der Waals surface area contributed by atoms with E-state index in [9.17, 15) is 22.8 Å². The molecule has 5 aromatic rings. The van der Waals surface area contributed by atoms with Crippen LogP contribution >= 0.6 is 0 Å². The van der Waals surface area contributed by atoms with E-state index in [-0.39, 0.29) is 29.1 Å². The Bertz CT molecular complexity index is 1850. The highest BCUT2D eigenvalue weighted by Gasteiger charge is 2.37. The third kappa shape index (κ3) is 5.22. The van der Waals surface area contributed by atoms with Crippen LogP contribution in [0.3, 0.4) is 0 Å². The highest BCUT2D eigenvalue weighted by Crippen LogP contribution is 2.32. The van der Waals surface area contributed by atoms with Gasteiger partial charge in [0.05, 0.1) is 28.4 Å². The first-order chi connectivity index (χ1) is 19.0. The predicted molar refractivity (Wildman–Crippen MR) is 143 cm³/mol. The smallest absolute Gasteiger partial charge is 0.383 e. The maximum atomic E-state index is 15.2. The number of hydrogen-bond donors (Lipinski definition) is 3. The Hall–Kier alpha value is -4.81. The van der Waals surface area contributed by atoms with Gasteiger partial charge in [0.15, 0.2) is 5.82 Å². The van der Waals surface area contributed by atoms with Crippen LogP contribution in [0.2, 0.25) is 0 Å². The van der Waals surface area contributed by atoms with E-state index in [2.05, 4.69) is 20.4 Å². The molecule has 0 bridgehead atoms. The molecule has 5 rings (SSSR count). The second-order valence-electron chi connectivity index (χ2n) is 9.36. The Kier molecular flexibility index (Phi) is 6.96. The third-order valence-corrected chi connectivity index (χ3v) is 6.52. The predicted octanol–water partition coefficient (Wildman–Crippen LogP) is 4.72. The van der Waals surface area contributed by atoms with Gasteiger partial charge in [0, 0.05) is 24.2 Å². The van der Waals surface area contributed by atoms with Crippen molar-refractivity contribution in [1.29, 1.82) is 0 Å². The average Bonchev–Trinajstić information content (AvgIpc) is 2.89. The van der Waals surface area contributed by atoms with Crippen LogP contribution < -0.4 is 22.2 Å². The Morgan fingerprint density at radius 1 is 1.10 bits per heavy atom. The molecule has 9 nitrogen and oxygen atoms in total. The van der Waals surface area contributed by atoms with Gasteiger partial charge in [0.2, 0.25) is 0 Å². The number of alkyl halides is 3. The van der Waals surface area contributed by atoms with E-state index < -0.39 is 40.4 Å². The van der Waals surface area contributed by atoms with Gasteiger partial charge in [-0.15, -0.1) is 0 Å². The van der Waals surface area contributed by atoms with Crippen molar-refractivity contribution in [2.45, 2.75) is 38.5 Å². The maximum absolute atomic E-state index is 15.2. The largest absolute Gasteiger partial charge is 0.423 e. The first-order valence-corrected chi connectivity index (χ1v) is 12.3. The monoisotopic (exact) mass is 553 g/mol. The second-order valence-corrected chi connectivity index (χ2v) is 9.36. The quantitative estimate of drug-likeness (QED) is 0.249. The van der Waals surface area contributed by atoms with Crippen molar-refractivity contribution in [2.75, 3.05) is 11.1 Å². The molecule has 3 heterocycles. The van der Waals surface area contributed by atoms with E-state index >= 15 is 4.39 Å². The number of hydrogen-bond acceptors (Lipinski definition) is 7. The van der Waals surface area contributed by atoms with Crippen LogP contribution in [0.25, 0.3) is 33.1 Å². The first kappa shape index (κ1) is 26.8. The zero-order valence-corrected chi connectivity index (χ0v) is 21.1. The number of benzene rings is 2. The van der Waals surface area contributed by atoms with Gasteiger partial charge in [-0.3, -0.25) is 9.59 Å². The fourth-order valence-corrected chi connectivity index (χ4v) is 4.57. The number of para-hydroxylation sites is 1. The molecule has 13 heteroatoms. The lowest BCUT2D eigenvalue weighted by Crippen LogP contribution is -2.27. The van der Waals surface area contributed by atoms with Crippen molar-refractivity contribution in [2.24, 2.45) is 0 Å². The van der Waals surface area contributed by atoms with Crippen LogP contribution in [0.5, 0.6) is 0 Å². The minimum atomic E-state index is -4.85. The van der Waals surface area contributed by atoms with E-state index in [0.29, 0.717) is 29.1 Å². The number of nitrogen functional groups attached to an aromatic ring is 1. The summed E-state index contributed by atoms with van der Waals surface area (Å²) in [5.74, 6) is -0.364. The minimum absolute atomic E-state index is 0.102. The van der Waals surface area contributed by atoms with Crippen molar-refractivity contribution in [1.82, 2.24) is 24.7 Å². The van der Waals surface area contributed by atoms with Crippen LogP contribution in [-0.4, -0.2) is 30.8 Å². The lowest BCUT2D eigenvalue weighted by Gasteiger charge is -2.18. The highest BCUT2D eigenvalue weighted by molar-refractivity contribution is 5.91. The molecule has 4 N–H and O–H groups in total. The number of pyridine rings is 1. The lowest BCUT2D eigenvalue weighted by molar-refractivity contribution is -0.138. The topological polar surface area (TPSA) is 132 Å². The fraction of sp³-hybridized carbons (Fsp3) is 0.222. The number of nitrogens with zero attached hydrogens (tertiary/aromatic N) is 4. The minimum Gasteiger partial charge on any atom is -0.383 e. The molecule has 0 amide bonds. The number of halogens is 4. The zero-order chi connectivity index (χ0) is 28.6. The van der Waals surface area contributed by atoms with E-state index in [1.165, 1.54) is 10.6 Å². The summed E-state index contributed by atoms with van der Waals surface area (Å²) in [7, 11) is 0. The van der Waals surface area contributed by atoms with Gasteiger partial charge in [-0.25, -0.2) is 19.5 Å². The summed E-state index contributed by atoms with van der Waals surface area (Å²) in [6.07, 6.45) is -1.57. The Labute approximate surface area is 223 Å². The lowest BCUT2D eigenvalue weighted by atomic mass is 10.1. The normalized spacial score (nSPS) is 12.6. The molecular formula is C27H23F4N7O2. The van der Waals surface area contributed by atoms with Crippen molar-refractivity contribution < 1.29 is 17.6 Å². The highest BCUT2D eigenvalue weighted by atomic mass is 19.4. The zero-order valence-electron chi connectivity index (χ0n) is 21.1. The Balaban J connectivity index is 1.33. The molecule has 0 radical (unpaired) electrons. The number of rotatable bonds is 7. The van der Waals surface area contributed by atoms with Crippen LogP contribution in [-0.2, 0) is 12.7 Å². The number of aromatic amines is 1.